The van der Waals surface area contributed by atoms with E-state index in [-0.39, 0.29) is 5.54 Å². The Morgan fingerprint density at radius 1 is 1.05 bits per heavy atom. The van der Waals surface area contributed by atoms with Crippen molar-refractivity contribution >= 4 is 39.4 Å². The quantitative estimate of drug-likeness (QED) is 0.311. The Labute approximate surface area is 220 Å². The molecule has 1 aliphatic carbocycles. The van der Waals surface area contributed by atoms with Gasteiger partial charge in [0.05, 0.1) is 11.7 Å². The van der Waals surface area contributed by atoms with Gasteiger partial charge in [-0.25, -0.2) is 15.0 Å². The first kappa shape index (κ1) is 22.6. The third-order valence-electron chi connectivity index (χ3n) is 7.44. The van der Waals surface area contributed by atoms with Gasteiger partial charge in [0, 0.05) is 70.2 Å². The Morgan fingerprint density at radius 3 is 2.73 bits per heavy atom. The van der Waals surface area contributed by atoms with Crippen LogP contribution in [0, 0.1) is 0 Å². The molecule has 7 rings (SSSR count). The highest BCUT2D eigenvalue weighted by molar-refractivity contribution is 6.33. The second-order valence-corrected chi connectivity index (χ2v) is 11.2. The second-order valence-electron chi connectivity index (χ2n) is 10.8. The van der Waals surface area contributed by atoms with Crippen LogP contribution >= 0.6 is 11.6 Å². The molecule has 2 N–H and O–H groups in total. The van der Waals surface area contributed by atoms with Crippen molar-refractivity contribution in [2.24, 2.45) is 0 Å². The predicted molar refractivity (Wildman–Crippen MR) is 149 cm³/mol. The Bertz CT molecular complexity index is 1650. The Balaban J connectivity index is 1.43. The van der Waals surface area contributed by atoms with Gasteiger partial charge in [-0.05, 0) is 56.4 Å². The summed E-state index contributed by atoms with van der Waals surface area (Å²) in [5.41, 5.74) is 5.75. The van der Waals surface area contributed by atoms with Crippen molar-refractivity contribution in [1.29, 1.82) is 0 Å². The van der Waals surface area contributed by atoms with Crippen LogP contribution in [0.25, 0.3) is 44.6 Å². The molecule has 1 saturated heterocycles. The lowest BCUT2D eigenvalue weighted by molar-refractivity contribution is 0.352. The summed E-state index contributed by atoms with van der Waals surface area (Å²) in [6.07, 6.45) is 8.12. The molecule has 1 aromatic carbocycles. The zero-order valence-electron chi connectivity index (χ0n) is 20.9. The summed E-state index contributed by atoms with van der Waals surface area (Å²) in [7, 11) is 0. The molecule has 37 heavy (non-hydrogen) atoms. The minimum Gasteiger partial charge on any atom is -0.353 e. The first-order valence-electron chi connectivity index (χ1n) is 12.9. The molecule has 5 heterocycles. The fourth-order valence-electron chi connectivity index (χ4n) is 5.51. The van der Waals surface area contributed by atoms with Crippen LogP contribution in [0.2, 0.25) is 5.02 Å². The normalized spacial score (nSPS) is 17.5. The van der Waals surface area contributed by atoms with Crippen molar-refractivity contribution in [2.45, 2.75) is 38.1 Å². The number of anilines is 1. The number of halogens is 1. The van der Waals surface area contributed by atoms with Gasteiger partial charge in [0.1, 0.15) is 11.5 Å². The van der Waals surface area contributed by atoms with E-state index in [1.165, 1.54) is 18.4 Å². The van der Waals surface area contributed by atoms with Crippen molar-refractivity contribution in [3.05, 3.63) is 65.6 Å². The number of hydrogen-bond donors (Lipinski definition) is 2. The van der Waals surface area contributed by atoms with E-state index < -0.39 is 0 Å². The van der Waals surface area contributed by atoms with Crippen LogP contribution in [0.3, 0.4) is 0 Å². The van der Waals surface area contributed by atoms with Crippen LogP contribution in [-0.2, 0) is 0 Å². The maximum absolute atomic E-state index is 6.50. The van der Waals surface area contributed by atoms with Gasteiger partial charge in [-0.3, -0.25) is 4.98 Å². The van der Waals surface area contributed by atoms with Crippen molar-refractivity contribution in [3.8, 4) is 22.6 Å². The zero-order chi connectivity index (χ0) is 25.1. The third-order valence-corrected chi connectivity index (χ3v) is 7.77. The fraction of sp³-hybridized carbons (Fsp3) is 0.310. The highest BCUT2D eigenvalue weighted by Crippen LogP contribution is 2.45. The first-order valence-corrected chi connectivity index (χ1v) is 13.2. The van der Waals surface area contributed by atoms with E-state index in [9.17, 15) is 0 Å². The summed E-state index contributed by atoms with van der Waals surface area (Å²) in [5, 5.41) is 6.44. The van der Waals surface area contributed by atoms with Crippen molar-refractivity contribution < 1.29 is 0 Å². The van der Waals surface area contributed by atoms with Crippen molar-refractivity contribution in [2.75, 3.05) is 24.5 Å². The molecule has 186 valence electrons. The number of nitrogens with one attached hydrogen (secondary N) is 2. The van der Waals surface area contributed by atoms with Crippen LogP contribution in [0.1, 0.15) is 38.2 Å². The summed E-state index contributed by atoms with van der Waals surface area (Å²) in [4.78, 5) is 25.4. The van der Waals surface area contributed by atoms with Crippen LogP contribution in [0.5, 0.6) is 0 Å². The number of nitrogens with zero attached hydrogens (tertiary/aromatic N) is 5. The molecule has 1 saturated carbocycles. The highest BCUT2D eigenvalue weighted by atomic mass is 35.5. The van der Waals surface area contributed by atoms with Crippen LogP contribution < -0.4 is 10.2 Å². The lowest BCUT2D eigenvalue weighted by Crippen LogP contribution is -2.57. The fourth-order valence-corrected chi connectivity index (χ4v) is 5.75. The highest BCUT2D eigenvalue weighted by Gasteiger charge is 2.32. The lowest BCUT2D eigenvalue weighted by Gasteiger charge is -2.40. The molecule has 8 heteroatoms. The minimum absolute atomic E-state index is 0.00309. The van der Waals surface area contributed by atoms with Gasteiger partial charge >= 0.3 is 0 Å². The molecule has 7 nitrogen and oxygen atoms in total. The Morgan fingerprint density at radius 2 is 1.92 bits per heavy atom. The summed E-state index contributed by atoms with van der Waals surface area (Å²) in [6, 6.07) is 11.9. The predicted octanol–water partition coefficient (Wildman–Crippen LogP) is 5.95. The van der Waals surface area contributed by atoms with Crippen LogP contribution in [-0.4, -0.2) is 50.1 Å². The van der Waals surface area contributed by atoms with E-state index in [1.807, 2.05) is 48.9 Å². The number of rotatable bonds is 4. The molecule has 2 fully saturated rings. The van der Waals surface area contributed by atoms with Gasteiger partial charge in [-0.2, -0.15) is 0 Å². The molecule has 0 atom stereocenters. The second kappa shape index (κ2) is 8.50. The molecule has 5 aromatic rings. The van der Waals surface area contributed by atoms with Gasteiger partial charge in [0.25, 0.3) is 0 Å². The average Bonchev–Trinajstić information content (AvgIpc) is 3.65. The van der Waals surface area contributed by atoms with Gasteiger partial charge in [-0.15, -0.1) is 0 Å². The summed E-state index contributed by atoms with van der Waals surface area (Å²) >= 11 is 6.50. The topological polar surface area (TPSA) is 82.6 Å². The molecule has 0 radical (unpaired) electrons. The molecule has 0 spiro atoms. The molecule has 0 bridgehead atoms. The van der Waals surface area contributed by atoms with E-state index in [1.54, 1.807) is 0 Å². The van der Waals surface area contributed by atoms with Gasteiger partial charge in [0.2, 0.25) is 0 Å². The number of benzene rings is 1. The molecule has 0 amide bonds. The number of pyridine rings is 2. The third kappa shape index (κ3) is 4.03. The van der Waals surface area contributed by atoms with Crippen molar-refractivity contribution in [1.82, 2.24) is 30.2 Å². The number of aromatic amines is 1. The van der Waals surface area contributed by atoms with E-state index >= 15 is 0 Å². The summed E-state index contributed by atoms with van der Waals surface area (Å²) in [6.45, 7) is 7.17. The minimum atomic E-state index is -0.00309. The largest absolute Gasteiger partial charge is 0.353 e. The summed E-state index contributed by atoms with van der Waals surface area (Å²) < 4.78 is 0. The molecular weight excluding hydrogens is 482 g/mol. The monoisotopic (exact) mass is 509 g/mol. The molecule has 1 aliphatic heterocycles. The van der Waals surface area contributed by atoms with Gasteiger partial charge < -0.3 is 15.2 Å². The van der Waals surface area contributed by atoms with Gasteiger partial charge in [0.15, 0.2) is 5.82 Å². The number of piperazine rings is 1. The first-order chi connectivity index (χ1) is 18.0. The van der Waals surface area contributed by atoms with E-state index in [0.717, 1.165) is 64.2 Å². The number of H-pyrrole nitrogens is 1. The smallest absolute Gasteiger partial charge is 0.163 e. The number of aromatic nitrogens is 5. The van der Waals surface area contributed by atoms with Crippen LogP contribution in [0.15, 0.2) is 55.0 Å². The SMILES string of the molecule is CC1(C)CN(c2nc(-c3ccnc4[nH]c(-c5ccccc5Cl)cc34)nc3cncc(C4CC4)c23)CCN1. The standard InChI is InChI=1S/C29H28ClN7/c1-29(2)16-37(12-11-33-29)28-25-21(17-7-8-17)14-31-15-24(25)35-27(36-28)18-9-10-32-26-20(18)13-23(34-26)19-5-3-4-6-22(19)30/h3-6,9-10,13-15,17,33H,7-8,11-12,16H2,1-2H3,(H,32,34). The maximum atomic E-state index is 6.50. The van der Waals surface area contributed by atoms with Crippen molar-refractivity contribution in [3.63, 3.8) is 0 Å². The zero-order valence-corrected chi connectivity index (χ0v) is 21.7. The van der Waals surface area contributed by atoms with E-state index in [0.29, 0.717) is 16.8 Å². The van der Waals surface area contributed by atoms with E-state index in [4.69, 9.17) is 21.6 Å². The Kier molecular flexibility index (Phi) is 5.20. The molecular formula is C29H28ClN7. The number of fused-ring (bicyclic) bond motifs is 2. The Hall–Kier alpha value is -3.55. The number of hydrogen-bond acceptors (Lipinski definition) is 6. The van der Waals surface area contributed by atoms with E-state index in [2.05, 4.69) is 45.1 Å². The molecule has 4 aromatic heterocycles. The van der Waals surface area contributed by atoms with Gasteiger partial charge in [-0.1, -0.05) is 29.8 Å². The summed E-state index contributed by atoms with van der Waals surface area (Å²) in [5.74, 6) is 2.24. The molecule has 2 aliphatic rings. The van der Waals surface area contributed by atoms with Crippen LogP contribution in [0.4, 0.5) is 5.82 Å². The lowest BCUT2D eigenvalue weighted by atomic mass is 10.0. The average molecular weight is 510 g/mol. The maximum Gasteiger partial charge on any atom is 0.163 e. The molecule has 0 unspecified atom stereocenters.